The molecule has 0 aliphatic carbocycles. The maximum absolute atomic E-state index is 11.8. The van der Waals surface area contributed by atoms with Crippen LogP contribution in [0.2, 0.25) is 5.02 Å². The number of nitrogens with one attached hydrogen (secondary N) is 1. The lowest BCUT2D eigenvalue weighted by Gasteiger charge is -2.02. The fraction of sp³-hybridized carbons (Fsp3) is 0.133. The Morgan fingerprint density at radius 3 is 2.57 bits per heavy atom. The van der Waals surface area contributed by atoms with E-state index in [2.05, 4.69) is 9.71 Å². The molecule has 2 aromatic rings. The Morgan fingerprint density at radius 1 is 1.14 bits per heavy atom. The summed E-state index contributed by atoms with van der Waals surface area (Å²) in [6, 6.07) is 12.5. The summed E-state index contributed by atoms with van der Waals surface area (Å²) in [6.07, 6.45) is 3.76. The summed E-state index contributed by atoms with van der Waals surface area (Å²) in [6.45, 7) is 0.310. The van der Waals surface area contributed by atoms with Gasteiger partial charge in [0.15, 0.2) is 0 Å². The van der Waals surface area contributed by atoms with Gasteiger partial charge in [-0.2, -0.15) is 0 Å². The van der Waals surface area contributed by atoms with Crippen molar-refractivity contribution >= 4 is 27.7 Å². The highest BCUT2D eigenvalue weighted by molar-refractivity contribution is 7.92. The topological polar surface area (TPSA) is 59.1 Å². The van der Waals surface area contributed by atoms with Gasteiger partial charge in [-0.05, 0) is 35.9 Å². The number of nitrogens with zero attached hydrogens (tertiary/aromatic N) is 1. The molecule has 110 valence electrons. The number of sulfonamides is 1. The third kappa shape index (κ3) is 5.67. The number of hydrogen-bond donors (Lipinski definition) is 1. The smallest absolute Gasteiger partial charge is 0.233 e. The molecule has 1 aromatic carbocycles. The van der Waals surface area contributed by atoms with E-state index in [4.69, 9.17) is 11.6 Å². The van der Waals surface area contributed by atoms with Crippen molar-refractivity contribution in [3.63, 3.8) is 0 Å². The summed E-state index contributed by atoms with van der Waals surface area (Å²) in [5, 5.41) is 1.76. The minimum absolute atomic E-state index is 0.310. The van der Waals surface area contributed by atoms with Gasteiger partial charge in [-0.3, -0.25) is 4.98 Å². The third-order valence-corrected chi connectivity index (χ3v) is 4.07. The quantitative estimate of drug-likeness (QED) is 0.889. The van der Waals surface area contributed by atoms with E-state index in [0.29, 0.717) is 18.0 Å². The van der Waals surface area contributed by atoms with Gasteiger partial charge < -0.3 is 0 Å². The first-order valence-electron chi connectivity index (χ1n) is 6.38. The lowest BCUT2D eigenvalue weighted by Crippen LogP contribution is -2.23. The van der Waals surface area contributed by atoms with E-state index in [1.807, 2.05) is 18.2 Å². The molecule has 21 heavy (non-hydrogen) atoms. The second-order valence-corrected chi connectivity index (χ2v) is 6.45. The zero-order valence-corrected chi connectivity index (χ0v) is 12.8. The van der Waals surface area contributed by atoms with E-state index in [1.165, 1.54) is 6.08 Å². The number of aromatic nitrogens is 1. The number of pyridine rings is 1. The molecule has 0 aliphatic heterocycles. The zero-order valence-electron chi connectivity index (χ0n) is 11.2. The van der Waals surface area contributed by atoms with E-state index >= 15 is 0 Å². The molecule has 0 saturated carbocycles. The van der Waals surface area contributed by atoms with Gasteiger partial charge in [0.1, 0.15) is 0 Å². The summed E-state index contributed by atoms with van der Waals surface area (Å²) < 4.78 is 26.1. The van der Waals surface area contributed by atoms with Gasteiger partial charge in [-0.15, -0.1) is 0 Å². The predicted molar refractivity (Wildman–Crippen MR) is 85.3 cm³/mol. The van der Waals surface area contributed by atoms with E-state index in [0.717, 1.165) is 16.7 Å². The van der Waals surface area contributed by atoms with Crippen molar-refractivity contribution in [3.05, 3.63) is 70.3 Å². The molecule has 1 N–H and O–H groups in total. The maximum Gasteiger partial charge on any atom is 0.233 e. The van der Waals surface area contributed by atoms with E-state index in [-0.39, 0.29) is 0 Å². The minimum Gasteiger partial charge on any atom is -0.261 e. The maximum atomic E-state index is 11.8. The van der Waals surface area contributed by atoms with Crippen molar-refractivity contribution < 1.29 is 8.42 Å². The molecule has 1 aromatic heterocycles. The summed E-state index contributed by atoms with van der Waals surface area (Å²) >= 11 is 5.77. The molecular weight excluding hydrogens is 308 g/mol. The highest BCUT2D eigenvalue weighted by Gasteiger charge is 2.04. The number of benzene rings is 1. The molecule has 0 amide bonds. The Bertz CT molecular complexity index is 698. The van der Waals surface area contributed by atoms with Gasteiger partial charge in [0, 0.05) is 35.3 Å². The summed E-state index contributed by atoms with van der Waals surface area (Å²) in [5.74, 6) is 0. The lowest BCUT2D eigenvalue weighted by molar-refractivity contribution is 0.590. The highest BCUT2D eigenvalue weighted by atomic mass is 35.5. The van der Waals surface area contributed by atoms with E-state index in [9.17, 15) is 8.42 Å². The van der Waals surface area contributed by atoms with Crippen LogP contribution in [0.3, 0.4) is 0 Å². The SMILES string of the molecule is O=S(=O)(/C=C\c1ccc(Cl)cc1)NCCc1ccccn1. The van der Waals surface area contributed by atoms with Crippen LogP contribution in [-0.4, -0.2) is 19.9 Å². The van der Waals surface area contributed by atoms with Gasteiger partial charge >= 0.3 is 0 Å². The predicted octanol–water partition coefficient (Wildman–Crippen LogP) is 2.87. The van der Waals surface area contributed by atoms with Gasteiger partial charge in [-0.1, -0.05) is 29.8 Å². The van der Waals surface area contributed by atoms with Crippen molar-refractivity contribution in [2.45, 2.75) is 6.42 Å². The van der Waals surface area contributed by atoms with Gasteiger partial charge in [0.25, 0.3) is 0 Å². The molecule has 0 aliphatic rings. The molecule has 0 saturated heterocycles. The van der Waals surface area contributed by atoms with Crippen LogP contribution >= 0.6 is 11.6 Å². The second kappa shape index (κ2) is 7.36. The molecule has 2 rings (SSSR count). The van der Waals surface area contributed by atoms with Crippen LogP contribution in [0.5, 0.6) is 0 Å². The van der Waals surface area contributed by atoms with Crippen LogP contribution in [0.4, 0.5) is 0 Å². The molecule has 0 atom stereocenters. The first kappa shape index (κ1) is 15.7. The molecule has 0 bridgehead atoms. The third-order valence-electron chi connectivity index (χ3n) is 2.72. The average Bonchev–Trinajstić information content (AvgIpc) is 2.48. The molecule has 6 heteroatoms. The number of halogens is 1. The van der Waals surface area contributed by atoms with Crippen molar-refractivity contribution in [3.8, 4) is 0 Å². The molecule has 0 spiro atoms. The van der Waals surface area contributed by atoms with Crippen LogP contribution < -0.4 is 4.72 Å². The van der Waals surface area contributed by atoms with E-state index in [1.54, 1.807) is 30.5 Å². The second-order valence-electron chi connectivity index (χ2n) is 4.36. The Hall–Kier alpha value is -1.69. The summed E-state index contributed by atoms with van der Waals surface area (Å²) in [7, 11) is -3.45. The van der Waals surface area contributed by atoms with Crippen LogP contribution in [0, 0.1) is 0 Å². The van der Waals surface area contributed by atoms with Crippen LogP contribution in [0.15, 0.2) is 54.1 Å². The Morgan fingerprint density at radius 2 is 1.90 bits per heavy atom. The lowest BCUT2D eigenvalue weighted by atomic mass is 10.2. The van der Waals surface area contributed by atoms with Crippen molar-refractivity contribution in [2.24, 2.45) is 0 Å². The fourth-order valence-corrected chi connectivity index (χ4v) is 2.60. The zero-order chi connectivity index (χ0) is 15.1. The normalized spacial score (nSPS) is 11.9. The summed E-state index contributed by atoms with van der Waals surface area (Å²) in [4.78, 5) is 4.13. The average molecular weight is 323 g/mol. The Kier molecular flexibility index (Phi) is 5.50. The van der Waals surface area contributed by atoms with Gasteiger partial charge in [-0.25, -0.2) is 13.1 Å². The first-order valence-corrected chi connectivity index (χ1v) is 8.31. The highest BCUT2D eigenvalue weighted by Crippen LogP contribution is 2.11. The van der Waals surface area contributed by atoms with Crippen LogP contribution in [-0.2, 0) is 16.4 Å². The Balaban J connectivity index is 1.88. The van der Waals surface area contributed by atoms with Crippen LogP contribution in [0.25, 0.3) is 6.08 Å². The molecule has 0 radical (unpaired) electrons. The Labute approximate surface area is 129 Å². The van der Waals surface area contributed by atoms with Gasteiger partial charge in [0.05, 0.1) is 0 Å². The molecule has 1 heterocycles. The van der Waals surface area contributed by atoms with Crippen molar-refractivity contribution in [1.82, 2.24) is 9.71 Å². The first-order chi connectivity index (χ1) is 10.1. The molecular formula is C15H15ClN2O2S. The number of hydrogen-bond acceptors (Lipinski definition) is 3. The fourth-order valence-electron chi connectivity index (χ4n) is 1.66. The van der Waals surface area contributed by atoms with Crippen molar-refractivity contribution in [1.29, 1.82) is 0 Å². The molecule has 0 fully saturated rings. The van der Waals surface area contributed by atoms with Gasteiger partial charge in [0.2, 0.25) is 10.0 Å². The number of rotatable bonds is 6. The summed E-state index contributed by atoms with van der Waals surface area (Å²) in [5.41, 5.74) is 1.62. The monoisotopic (exact) mass is 322 g/mol. The standard InChI is InChI=1S/C15H15ClN2O2S/c16-14-6-4-13(5-7-14)9-12-21(19,20)18-11-8-15-3-1-2-10-17-15/h1-7,9-10,12,18H,8,11H2/b12-9-. The largest absolute Gasteiger partial charge is 0.261 e. The minimum atomic E-state index is -3.45. The van der Waals surface area contributed by atoms with E-state index < -0.39 is 10.0 Å². The van der Waals surface area contributed by atoms with Crippen LogP contribution in [0.1, 0.15) is 11.3 Å². The van der Waals surface area contributed by atoms with Crippen molar-refractivity contribution in [2.75, 3.05) is 6.54 Å². The molecule has 0 unspecified atom stereocenters. The molecule has 4 nitrogen and oxygen atoms in total.